The molecule has 0 heterocycles. The standard InChI is InChI=1S/C21H23F2NO4/c1-4-27-19-13-15(7-11-18(19)28-21(22)23)8-12-20(25)24(2)14-16-5-9-17(26-3)10-6-16/h5-13,21H,4,14H2,1-3H3/b12-8+. The smallest absolute Gasteiger partial charge is 0.387 e. The first kappa shape index (κ1) is 21.2. The summed E-state index contributed by atoms with van der Waals surface area (Å²) in [5, 5.41) is 0. The molecule has 0 N–H and O–H groups in total. The first-order valence-corrected chi connectivity index (χ1v) is 8.70. The van der Waals surface area contributed by atoms with Crippen molar-refractivity contribution in [3.63, 3.8) is 0 Å². The summed E-state index contributed by atoms with van der Waals surface area (Å²) in [5.41, 5.74) is 1.61. The van der Waals surface area contributed by atoms with E-state index >= 15 is 0 Å². The van der Waals surface area contributed by atoms with Gasteiger partial charge in [0.15, 0.2) is 11.5 Å². The second-order valence-corrected chi connectivity index (χ2v) is 5.89. The average molecular weight is 391 g/mol. The molecule has 5 nitrogen and oxygen atoms in total. The molecule has 0 aromatic heterocycles. The molecule has 0 bridgehead atoms. The lowest BCUT2D eigenvalue weighted by atomic mass is 10.1. The first-order valence-electron chi connectivity index (χ1n) is 8.70. The van der Waals surface area contributed by atoms with Crippen LogP contribution in [0.4, 0.5) is 8.78 Å². The Bertz CT molecular complexity index is 807. The molecule has 28 heavy (non-hydrogen) atoms. The SMILES string of the molecule is CCOc1cc(/C=C/C(=O)N(C)Cc2ccc(OC)cc2)ccc1OC(F)F. The number of likely N-dealkylation sites (N-methyl/N-ethyl adjacent to an activating group) is 1. The molecule has 0 radical (unpaired) electrons. The summed E-state index contributed by atoms with van der Waals surface area (Å²) in [6.07, 6.45) is 3.02. The fourth-order valence-electron chi connectivity index (χ4n) is 2.47. The summed E-state index contributed by atoms with van der Waals surface area (Å²) < 4.78 is 39.8. The number of halogens is 2. The van der Waals surface area contributed by atoms with Gasteiger partial charge in [0.05, 0.1) is 13.7 Å². The number of benzene rings is 2. The second-order valence-electron chi connectivity index (χ2n) is 5.89. The van der Waals surface area contributed by atoms with E-state index in [1.165, 1.54) is 12.1 Å². The van der Waals surface area contributed by atoms with Crippen LogP contribution < -0.4 is 14.2 Å². The molecule has 0 atom stereocenters. The van der Waals surface area contributed by atoms with Gasteiger partial charge >= 0.3 is 6.61 Å². The number of amides is 1. The molecule has 0 spiro atoms. The molecule has 0 aliphatic rings. The maximum atomic E-state index is 12.5. The van der Waals surface area contributed by atoms with Gasteiger partial charge in [0.1, 0.15) is 5.75 Å². The van der Waals surface area contributed by atoms with Crippen molar-refractivity contribution in [3.8, 4) is 17.2 Å². The molecule has 2 aromatic carbocycles. The molecule has 0 aliphatic heterocycles. The van der Waals surface area contributed by atoms with Crippen molar-refractivity contribution in [2.45, 2.75) is 20.1 Å². The second kappa shape index (κ2) is 10.3. The van der Waals surface area contributed by atoms with Crippen molar-refractivity contribution < 1.29 is 27.8 Å². The third kappa shape index (κ3) is 6.26. The van der Waals surface area contributed by atoms with Gasteiger partial charge in [0, 0.05) is 19.7 Å². The lowest BCUT2D eigenvalue weighted by Crippen LogP contribution is -2.24. The maximum Gasteiger partial charge on any atom is 0.387 e. The third-order valence-electron chi connectivity index (χ3n) is 3.86. The van der Waals surface area contributed by atoms with E-state index in [-0.39, 0.29) is 17.4 Å². The highest BCUT2D eigenvalue weighted by Crippen LogP contribution is 2.30. The Hall–Kier alpha value is -3.09. The number of methoxy groups -OCH3 is 1. The lowest BCUT2D eigenvalue weighted by molar-refractivity contribution is -0.125. The Balaban J connectivity index is 2.04. The van der Waals surface area contributed by atoms with Gasteiger partial charge in [-0.3, -0.25) is 4.79 Å². The number of carbonyl (C=O) groups is 1. The van der Waals surface area contributed by atoms with Crippen LogP contribution in [-0.4, -0.2) is 38.2 Å². The van der Waals surface area contributed by atoms with Gasteiger partial charge in [-0.25, -0.2) is 0 Å². The van der Waals surface area contributed by atoms with Crippen molar-refractivity contribution in [2.24, 2.45) is 0 Å². The fraction of sp³-hybridized carbons (Fsp3) is 0.286. The average Bonchev–Trinajstić information content (AvgIpc) is 2.68. The van der Waals surface area contributed by atoms with E-state index in [0.29, 0.717) is 18.7 Å². The molecule has 0 saturated heterocycles. The van der Waals surface area contributed by atoms with Crippen LogP contribution in [0.25, 0.3) is 6.08 Å². The molecule has 1 amide bonds. The number of ether oxygens (including phenoxy) is 3. The fourth-order valence-corrected chi connectivity index (χ4v) is 2.47. The Kier molecular flexibility index (Phi) is 7.80. The number of hydrogen-bond donors (Lipinski definition) is 0. The summed E-state index contributed by atoms with van der Waals surface area (Å²) in [7, 11) is 3.29. The van der Waals surface area contributed by atoms with E-state index in [0.717, 1.165) is 11.3 Å². The van der Waals surface area contributed by atoms with Crippen molar-refractivity contribution in [2.75, 3.05) is 20.8 Å². The molecular weight excluding hydrogens is 368 g/mol. The highest BCUT2D eigenvalue weighted by molar-refractivity contribution is 5.91. The van der Waals surface area contributed by atoms with E-state index in [4.69, 9.17) is 9.47 Å². The van der Waals surface area contributed by atoms with Crippen LogP contribution in [0.15, 0.2) is 48.5 Å². The molecular formula is C21H23F2NO4. The van der Waals surface area contributed by atoms with Crippen LogP contribution in [0.1, 0.15) is 18.1 Å². The van der Waals surface area contributed by atoms with Crippen molar-refractivity contribution >= 4 is 12.0 Å². The molecule has 2 aromatic rings. The minimum atomic E-state index is -2.94. The highest BCUT2D eigenvalue weighted by atomic mass is 19.3. The predicted octanol–water partition coefficient (Wildman–Crippen LogP) is 4.37. The number of nitrogens with zero attached hydrogens (tertiary/aromatic N) is 1. The zero-order valence-electron chi connectivity index (χ0n) is 16.0. The Morgan fingerprint density at radius 3 is 2.46 bits per heavy atom. The Labute approximate surface area is 163 Å². The van der Waals surface area contributed by atoms with Crippen molar-refractivity contribution in [1.29, 1.82) is 0 Å². The van der Waals surface area contributed by atoms with Crippen LogP contribution in [0.5, 0.6) is 17.2 Å². The predicted molar refractivity (Wildman–Crippen MR) is 103 cm³/mol. The van der Waals surface area contributed by atoms with Crippen LogP contribution >= 0.6 is 0 Å². The molecule has 0 saturated carbocycles. The normalized spacial score (nSPS) is 10.9. The van der Waals surface area contributed by atoms with E-state index in [1.807, 2.05) is 24.3 Å². The number of hydrogen-bond acceptors (Lipinski definition) is 4. The van der Waals surface area contributed by atoms with Gasteiger partial charge in [-0.15, -0.1) is 0 Å². The van der Waals surface area contributed by atoms with Gasteiger partial charge in [-0.2, -0.15) is 8.78 Å². The van der Waals surface area contributed by atoms with Crippen molar-refractivity contribution in [1.82, 2.24) is 4.90 Å². The zero-order chi connectivity index (χ0) is 20.5. The highest BCUT2D eigenvalue weighted by Gasteiger charge is 2.11. The lowest BCUT2D eigenvalue weighted by Gasteiger charge is -2.15. The summed E-state index contributed by atoms with van der Waals surface area (Å²) in [6.45, 7) is -0.449. The number of alkyl halides is 2. The minimum Gasteiger partial charge on any atom is -0.497 e. The summed E-state index contributed by atoms with van der Waals surface area (Å²) >= 11 is 0. The van der Waals surface area contributed by atoms with E-state index in [1.54, 1.807) is 44.2 Å². The van der Waals surface area contributed by atoms with Gasteiger partial charge in [0.25, 0.3) is 0 Å². The maximum absolute atomic E-state index is 12.5. The number of rotatable bonds is 9. The number of carbonyl (C=O) groups excluding carboxylic acids is 1. The van der Waals surface area contributed by atoms with Crippen molar-refractivity contribution in [3.05, 3.63) is 59.7 Å². The van der Waals surface area contributed by atoms with Crippen LogP contribution in [0.2, 0.25) is 0 Å². The third-order valence-corrected chi connectivity index (χ3v) is 3.86. The monoisotopic (exact) mass is 391 g/mol. The Morgan fingerprint density at radius 2 is 1.86 bits per heavy atom. The molecule has 0 aliphatic carbocycles. The molecule has 150 valence electrons. The molecule has 7 heteroatoms. The summed E-state index contributed by atoms with van der Waals surface area (Å²) in [5.74, 6) is 0.713. The van der Waals surface area contributed by atoms with E-state index in [9.17, 15) is 13.6 Å². The van der Waals surface area contributed by atoms with E-state index in [2.05, 4.69) is 4.74 Å². The van der Waals surface area contributed by atoms with Crippen LogP contribution in [0.3, 0.4) is 0 Å². The molecule has 0 unspecified atom stereocenters. The molecule has 2 rings (SSSR count). The van der Waals surface area contributed by atoms with E-state index < -0.39 is 6.61 Å². The largest absolute Gasteiger partial charge is 0.497 e. The van der Waals surface area contributed by atoms with Gasteiger partial charge in [-0.05, 0) is 48.4 Å². The van der Waals surface area contributed by atoms with Gasteiger partial charge < -0.3 is 19.1 Å². The first-order chi connectivity index (χ1) is 13.4. The van der Waals surface area contributed by atoms with Crippen LogP contribution in [0, 0.1) is 0 Å². The summed E-state index contributed by atoms with van der Waals surface area (Å²) in [6, 6.07) is 12.0. The van der Waals surface area contributed by atoms with Crippen LogP contribution in [-0.2, 0) is 11.3 Å². The minimum absolute atomic E-state index is 0.0445. The zero-order valence-corrected chi connectivity index (χ0v) is 16.0. The Morgan fingerprint density at radius 1 is 1.14 bits per heavy atom. The quantitative estimate of drug-likeness (QED) is 0.596. The summed E-state index contributed by atoms with van der Waals surface area (Å²) in [4.78, 5) is 13.9. The topological polar surface area (TPSA) is 48.0 Å². The van der Waals surface area contributed by atoms with Gasteiger partial charge in [-0.1, -0.05) is 18.2 Å². The molecule has 0 fully saturated rings. The van der Waals surface area contributed by atoms with Gasteiger partial charge in [0.2, 0.25) is 5.91 Å².